The molecule has 0 saturated heterocycles. The highest BCUT2D eigenvalue weighted by Crippen LogP contribution is 1.95. The number of hydrogen-bond donors (Lipinski definition) is 0. The van der Waals surface area contributed by atoms with E-state index in [-0.39, 0.29) is 13.0 Å². The van der Waals surface area contributed by atoms with Crippen LogP contribution in [0.3, 0.4) is 0 Å². The van der Waals surface area contributed by atoms with Crippen molar-refractivity contribution in [1.82, 2.24) is 0 Å². The summed E-state index contributed by atoms with van der Waals surface area (Å²) in [6.07, 6.45) is 2.59. The Labute approximate surface area is 129 Å². The minimum absolute atomic E-state index is 0.0714. The normalized spacial score (nSPS) is 10.9. The lowest BCUT2D eigenvalue weighted by atomic mass is 10.3. The Bertz CT molecular complexity index is 229. The summed E-state index contributed by atoms with van der Waals surface area (Å²) in [6, 6.07) is 0. The lowest BCUT2D eigenvalue weighted by Crippen LogP contribution is -2.35. The molecule has 128 valence electrons. The molecule has 0 unspecified atom stereocenters. The van der Waals surface area contributed by atoms with Crippen molar-refractivity contribution in [2.75, 3.05) is 67.8 Å². The van der Waals surface area contributed by atoms with E-state index in [9.17, 15) is 9.90 Å². The molecule has 0 fully saturated rings. The average molecular weight is 307 g/mol. The Balaban J connectivity index is 0. The van der Waals surface area contributed by atoms with Crippen LogP contribution in [0.1, 0.15) is 26.2 Å². The first-order chi connectivity index (χ1) is 9.83. The molecule has 0 rings (SSSR count). The zero-order chi connectivity index (χ0) is 16.6. The van der Waals surface area contributed by atoms with E-state index in [4.69, 9.17) is 14.2 Å². The van der Waals surface area contributed by atoms with Crippen LogP contribution in [0.15, 0.2) is 0 Å². The second-order valence-corrected chi connectivity index (χ2v) is 5.71. The SMILES string of the molecule is CCCC[N+](C)(C)C.COCCOCCOCCC(=O)[O-]. The highest BCUT2D eigenvalue weighted by atomic mass is 16.5. The van der Waals surface area contributed by atoms with Gasteiger partial charge in [-0.2, -0.15) is 0 Å². The van der Waals surface area contributed by atoms with Crippen LogP contribution in [-0.2, 0) is 19.0 Å². The molecule has 6 heteroatoms. The maximum Gasteiger partial charge on any atom is 0.0780 e. The Morgan fingerprint density at radius 1 is 1.00 bits per heavy atom. The smallest absolute Gasteiger partial charge is 0.0780 e. The zero-order valence-electron chi connectivity index (χ0n) is 14.4. The first-order valence-corrected chi connectivity index (χ1v) is 7.48. The third-order valence-electron chi connectivity index (χ3n) is 2.44. The summed E-state index contributed by atoms with van der Waals surface area (Å²) in [7, 11) is 8.29. The van der Waals surface area contributed by atoms with E-state index in [1.165, 1.54) is 19.4 Å². The van der Waals surface area contributed by atoms with Crippen molar-refractivity contribution in [3.8, 4) is 0 Å². The number of nitrogens with zero attached hydrogens (tertiary/aromatic N) is 1. The zero-order valence-corrected chi connectivity index (χ0v) is 14.4. The first kappa shape index (κ1) is 22.6. The van der Waals surface area contributed by atoms with E-state index < -0.39 is 5.97 Å². The highest BCUT2D eigenvalue weighted by Gasteiger charge is 2.02. The van der Waals surface area contributed by atoms with Crippen molar-refractivity contribution < 1.29 is 28.6 Å². The number of rotatable bonds is 12. The van der Waals surface area contributed by atoms with E-state index in [2.05, 4.69) is 28.1 Å². The van der Waals surface area contributed by atoms with Crippen LogP contribution < -0.4 is 5.11 Å². The van der Waals surface area contributed by atoms with E-state index >= 15 is 0 Å². The molecular formula is C15H33NO5. The van der Waals surface area contributed by atoms with E-state index in [0.717, 1.165) is 4.48 Å². The molecule has 0 spiro atoms. The number of hydrogen-bond acceptors (Lipinski definition) is 5. The first-order valence-electron chi connectivity index (χ1n) is 7.48. The molecule has 0 radical (unpaired) electrons. The number of unbranched alkanes of at least 4 members (excludes halogenated alkanes) is 1. The van der Waals surface area contributed by atoms with Crippen molar-refractivity contribution >= 4 is 5.97 Å². The van der Waals surface area contributed by atoms with Gasteiger partial charge < -0.3 is 28.6 Å². The van der Waals surface area contributed by atoms with Gasteiger partial charge in [0.05, 0.1) is 60.7 Å². The van der Waals surface area contributed by atoms with Crippen LogP contribution in [0.2, 0.25) is 0 Å². The van der Waals surface area contributed by atoms with Gasteiger partial charge in [-0.1, -0.05) is 13.3 Å². The molecule has 0 atom stereocenters. The molecule has 0 aliphatic heterocycles. The fraction of sp³-hybridized carbons (Fsp3) is 0.933. The summed E-state index contributed by atoms with van der Waals surface area (Å²) in [5.74, 6) is -1.10. The highest BCUT2D eigenvalue weighted by molar-refractivity contribution is 5.64. The monoisotopic (exact) mass is 307 g/mol. The fourth-order valence-electron chi connectivity index (χ4n) is 1.25. The maximum absolute atomic E-state index is 9.93. The minimum atomic E-state index is -1.10. The summed E-state index contributed by atoms with van der Waals surface area (Å²) in [4.78, 5) is 9.93. The topological polar surface area (TPSA) is 67.8 Å². The maximum atomic E-state index is 9.93. The summed E-state index contributed by atoms with van der Waals surface area (Å²) >= 11 is 0. The number of carbonyl (C=O) groups excluding carboxylic acids is 1. The average Bonchev–Trinajstić information content (AvgIpc) is 2.39. The van der Waals surface area contributed by atoms with Gasteiger partial charge in [0.25, 0.3) is 0 Å². The van der Waals surface area contributed by atoms with Crippen molar-refractivity contribution in [1.29, 1.82) is 0 Å². The molecular weight excluding hydrogens is 274 g/mol. The van der Waals surface area contributed by atoms with Gasteiger partial charge in [-0.15, -0.1) is 0 Å². The Morgan fingerprint density at radius 2 is 1.52 bits per heavy atom. The molecule has 0 bridgehead atoms. The number of carboxylic acid groups (broad SMARTS) is 1. The quantitative estimate of drug-likeness (QED) is 0.383. The largest absolute Gasteiger partial charge is 0.550 e. The molecule has 0 amide bonds. The molecule has 0 aliphatic carbocycles. The van der Waals surface area contributed by atoms with Gasteiger partial charge in [0.2, 0.25) is 0 Å². The molecule has 0 aromatic rings. The van der Waals surface area contributed by atoms with Crippen molar-refractivity contribution in [3.63, 3.8) is 0 Å². The molecule has 21 heavy (non-hydrogen) atoms. The van der Waals surface area contributed by atoms with Gasteiger partial charge in [-0.25, -0.2) is 0 Å². The fourth-order valence-corrected chi connectivity index (χ4v) is 1.25. The minimum Gasteiger partial charge on any atom is -0.550 e. The van der Waals surface area contributed by atoms with Gasteiger partial charge >= 0.3 is 0 Å². The number of quaternary nitrogens is 1. The third kappa shape index (κ3) is 28.3. The van der Waals surface area contributed by atoms with Crippen LogP contribution in [0.25, 0.3) is 0 Å². The Hall–Kier alpha value is -0.690. The van der Waals surface area contributed by atoms with Crippen LogP contribution in [0, 0.1) is 0 Å². The summed E-state index contributed by atoms with van der Waals surface area (Å²) in [5.41, 5.74) is 0. The molecule has 0 aromatic carbocycles. The van der Waals surface area contributed by atoms with Crippen LogP contribution in [0.5, 0.6) is 0 Å². The number of methoxy groups -OCH3 is 1. The van der Waals surface area contributed by atoms with Gasteiger partial charge in [0.15, 0.2) is 0 Å². The lowest BCUT2D eigenvalue weighted by molar-refractivity contribution is -0.870. The van der Waals surface area contributed by atoms with Gasteiger partial charge in [-0.3, -0.25) is 0 Å². The van der Waals surface area contributed by atoms with Gasteiger partial charge in [0, 0.05) is 19.5 Å². The Morgan fingerprint density at radius 3 is 1.90 bits per heavy atom. The summed E-state index contributed by atoms with van der Waals surface area (Å²) in [5, 5.41) is 9.93. The van der Waals surface area contributed by atoms with Gasteiger partial charge in [0.1, 0.15) is 0 Å². The second-order valence-electron chi connectivity index (χ2n) is 5.71. The van der Waals surface area contributed by atoms with Crippen molar-refractivity contribution in [2.45, 2.75) is 26.2 Å². The molecule has 6 nitrogen and oxygen atoms in total. The van der Waals surface area contributed by atoms with Crippen molar-refractivity contribution in [2.24, 2.45) is 0 Å². The van der Waals surface area contributed by atoms with E-state index in [1.54, 1.807) is 7.11 Å². The van der Waals surface area contributed by atoms with Crippen LogP contribution in [0.4, 0.5) is 0 Å². The standard InChI is InChI=1S/C8H16O5.C7H18N/c1-11-4-5-13-7-6-12-3-2-8(9)10;1-5-6-7-8(2,3)4/h2-7H2,1H3,(H,9,10);5-7H2,1-4H3/q;+1/p-1. The lowest BCUT2D eigenvalue weighted by Gasteiger charge is -2.23. The second kappa shape index (κ2) is 15.7. The molecule has 0 saturated carbocycles. The number of aliphatic carboxylic acids is 1. The van der Waals surface area contributed by atoms with E-state index in [1.807, 2.05) is 0 Å². The molecule has 0 heterocycles. The molecule has 0 aromatic heterocycles. The van der Waals surface area contributed by atoms with Gasteiger partial charge in [-0.05, 0) is 6.42 Å². The predicted octanol–water partition coefficient (Wildman–Crippen LogP) is 0.299. The van der Waals surface area contributed by atoms with Crippen molar-refractivity contribution in [3.05, 3.63) is 0 Å². The van der Waals surface area contributed by atoms with E-state index in [0.29, 0.717) is 26.4 Å². The summed E-state index contributed by atoms with van der Waals surface area (Å²) in [6.45, 7) is 5.65. The molecule has 0 aliphatic rings. The van der Waals surface area contributed by atoms with Crippen LogP contribution in [-0.4, -0.2) is 78.3 Å². The number of carboxylic acids is 1. The Kier molecular flexibility index (Phi) is 16.9. The molecule has 0 N–H and O–H groups in total. The third-order valence-corrected chi connectivity index (χ3v) is 2.44. The summed E-state index contributed by atoms with van der Waals surface area (Å²) < 4.78 is 15.9. The number of ether oxygens (including phenoxy) is 3. The van der Waals surface area contributed by atoms with Crippen LogP contribution >= 0.6 is 0 Å². The number of carbonyl (C=O) groups is 1. The predicted molar refractivity (Wildman–Crippen MR) is 80.9 cm³/mol.